The van der Waals surface area contributed by atoms with Crippen LogP contribution in [-0.4, -0.2) is 29.9 Å². The summed E-state index contributed by atoms with van der Waals surface area (Å²) in [5.74, 6) is 1.03. The molecular formula is C20H28N2O3. The summed E-state index contributed by atoms with van der Waals surface area (Å²) in [5, 5.41) is 23.3. The monoisotopic (exact) mass is 344 g/mol. The Bertz CT molecular complexity index is 658. The summed E-state index contributed by atoms with van der Waals surface area (Å²) in [6, 6.07) is 13.4. The Morgan fingerprint density at radius 1 is 1.16 bits per heavy atom. The largest absolute Gasteiger partial charge is 0.508 e. The normalized spacial score (nSPS) is 13.4. The molecule has 2 rings (SSSR count). The number of aliphatic hydroxyl groups excluding tert-OH is 1. The zero-order chi connectivity index (χ0) is 18.2. The van der Waals surface area contributed by atoms with Crippen molar-refractivity contribution in [3.63, 3.8) is 0 Å². The Morgan fingerprint density at radius 2 is 1.88 bits per heavy atom. The molecule has 0 saturated carbocycles. The second-order valence-corrected chi connectivity index (χ2v) is 6.30. The molecule has 2 atom stereocenters. The molecule has 2 aromatic rings. The summed E-state index contributed by atoms with van der Waals surface area (Å²) >= 11 is 0. The highest BCUT2D eigenvalue weighted by molar-refractivity contribution is 5.37. The fourth-order valence-corrected chi connectivity index (χ4v) is 2.68. The molecule has 0 aliphatic heterocycles. The topological polar surface area (TPSA) is 87.7 Å². The maximum atomic E-state index is 10.3. The lowest BCUT2D eigenvalue weighted by atomic mass is 10.0. The molecule has 0 radical (unpaired) electrons. The third kappa shape index (κ3) is 5.74. The number of aliphatic hydroxyl groups is 1. The van der Waals surface area contributed by atoms with E-state index in [1.807, 2.05) is 12.1 Å². The number of rotatable bonds is 9. The van der Waals surface area contributed by atoms with Crippen molar-refractivity contribution in [1.82, 2.24) is 5.32 Å². The predicted octanol–water partition coefficient (Wildman–Crippen LogP) is 2.50. The number of nitrogens with one attached hydrogen (secondary N) is 1. The molecule has 0 heterocycles. The van der Waals surface area contributed by atoms with Gasteiger partial charge >= 0.3 is 0 Å². The summed E-state index contributed by atoms with van der Waals surface area (Å²) in [5.41, 5.74) is 8.25. The standard InChI is InChI=1S/C20H28N2O3/c1-14(3-4-15-5-8-18(25-2)9-6-15)22-13-20(24)16-7-10-19(23)17(11-16)12-21/h5-11,14,20,22-24H,3-4,12-13,21H2,1-2H3. The van der Waals surface area contributed by atoms with Gasteiger partial charge in [-0.2, -0.15) is 0 Å². The number of nitrogens with two attached hydrogens (primary N) is 1. The molecule has 2 unspecified atom stereocenters. The molecule has 0 saturated heterocycles. The Labute approximate surface area is 149 Å². The lowest BCUT2D eigenvalue weighted by Gasteiger charge is -2.18. The number of hydrogen-bond donors (Lipinski definition) is 4. The molecule has 5 nitrogen and oxygen atoms in total. The van der Waals surface area contributed by atoms with Crippen molar-refractivity contribution in [2.24, 2.45) is 5.73 Å². The lowest BCUT2D eigenvalue weighted by molar-refractivity contribution is 0.170. The van der Waals surface area contributed by atoms with E-state index < -0.39 is 6.10 Å². The van der Waals surface area contributed by atoms with Crippen LogP contribution in [-0.2, 0) is 13.0 Å². The van der Waals surface area contributed by atoms with Gasteiger partial charge in [-0.15, -0.1) is 0 Å². The van der Waals surface area contributed by atoms with Gasteiger partial charge in [0.2, 0.25) is 0 Å². The van der Waals surface area contributed by atoms with Crippen LogP contribution in [0.5, 0.6) is 11.5 Å². The number of aryl methyl sites for hydroxylation is 1. The first-order valence-corrected chi connectivity index (χ1v) is 8.59. The van der Waals surface area contributed by atoms with Crippen LogP contribution < -0.4 is 15.8 Å². The smallest absolute Gasteiger partial charge is 0.120 e. The van der Waals surface area contributed by atoms with E-state index in [0.29, 0.717) is 12.1 Å². The first kappa shape index (κ1) is 19.2. The highest BCUT2D eigenvalue weighted by atomic mass is 16.5. The average Bonchev–Trinajstić information content (AvgIpc) is 2.65. The van der Waals surface area contributed by atoms with Gasteiger partial charge in [0.1, 0.15) is 11.5 Å². The van der Waals surface area contributed by atoms with Crippen molar-refractivity contribution in [2.75, 3.05) is 13.7 Å². The van der Waals surface area contributed by atoms with E-state index in [2.05, 4.69) is 24.4 Å². The third-order valence-corrected chi connectivity index (χ3v) is 4.39. The van der Waals surface area contributed by atoms with Crippen molar-refractivity contribution in [3.8, 4) is 11.5 Å². The van der Waals surface area contributed by atoms with Crippen molar-refractivity contribution < 1.29 is 14.9 Å². The van der Waals surface area contributed by atoms with Crippen molar-refractivity contribution >= 4 is 0 Å². The van der Waals surface area contributed by atoms with Gasteiger partial charge in [0.25, 0.3) is 0 Å². The van der Waals surface area contributed by atoms with Gasteiger partial charge in [0.05, 0.1) is 13.2 Å². The molecular weight excluding hydrogens is 316 g/mol. The van der Waals surface area contributed by atoms with Crippen LogP contribution in [0.15, 0.2) is 42.5 Å². The Morgan fingerprint density at radius 3 is 2.52 bits per heavy atom. The summed E-state index contributed by atoms with van der Waals surface area (Å²) in [7, 11) is 1.66. The first-order chi connectivity index (χ1) is 12.0. The molecule has 2 aromatic carbocycles. The zero-order valence-corrected chi connectivity index (χ0v) is 14.9. The van der Waals surface area contributed by atoms with Crippen molar-refractivity contribution in [1.29, 1.82) is 0 Å². The number of methoxy groups -OCH3 is 1. The SMILES string of the molecule is COc1ccc(CCC(C)NCC(O)c2ccc(O)c(CN)c2)cc1. The number of phenolic OH excluding ortho intramolecular Hbond substituents is 1. The second kappa shape index (κ2) is 9.42. The number of aromatic hydroxyl groups is 1. The van der Waals surface area contributed by atoms with Crippen LogP contribution in [0.3, 0.4) is 0 Å². The van der Waals surface area contributed by atoms with Crippen LogP contribution in [0.2, 0.25) is 0 Å². The van der Waals surface area contributed by atoms with E-state index in [1.165, 1.54) is 5.56 Å². The average molecular weight is 344 g/mol. The second-order valence-electron chi connectivity index (χ2n) is 6.30. The fraction of sp³-hybridized carbons (Fsp3) is 0.400. The molecule has 0 aliphatic carbocycles. The number of phenols is 1. The molecule has 0 bridgehead atoms. The van der Waals surface area contributed by atoms with E-state index in [9.17, 15) is 10.2 Å². The van der Waals surface area contributed by atoms with Crippen molar-refractivity contribution in [2.45, 2.75) is 38.5 Å². The van der Waals surface area contributed by atoms with E-state index >= 15 is 0 Å². The van der Waals surface area contributed by atoms with Gasteiger partial charge in [-0.05, 0) is 55.2 Å². The summed E-state index contributed by atoms with van der Waals surface area (Å²) in [6.45, 7) is 2.81. The van der Waals surface area contributed by atoms with Gasteiger partial charge < -0.3 is 26.0 Å². The Kier molecular flexibility index (Phi) is 7.25. The zero-order valence-electron chi connectivity index (χ0n) is 14.9. The molecule has 0 spiro atoms. The minimum absolute atomic E-state index is 0.166. The van der Waals surface area contributed by atoms with Crippen LogP contribution in [0.1, 0.15) is 36.1 Å². The van der Waals surface area contributed by atoms with Gasteiger partial charge in [-0.25, -0.2) is 0 Å². The van der Waals surface area contributed by atoms with Crippen LogP contribution in [0.4, 0.5) is 0 Å². The fourth-order valence-electron chi connectivity index (χ4n) is 2.68. The van der Waals surface area contributed by atoms with Gasteiger partial charge in [0, 0.05) is 24.7 Å². The third-order valence-electron chi connectivity index (χ3n) is 4.39. The lowest BCUT2D eigenvalue weighted by Crippen LogP contribution is -2.30. The van der Waals surface area contributed by atoms with Crippen LogP contribution >= 0.6 is 0 Å². The van der Waals surface area contributed by atoms with Crippen LogP contribution in [0, 0.1) is 0 Å². The van der Waals surface area contributed by atoms with E-state index in [4.69, 9.17) is 10.5 Å². The molecule has 136 valence electrons. The Hall–Kier alpha value is -2.08. The molecule has 25 heavy (non-hydrogen) atoms. The van der Waals surface area contributed by atoms with Gasteiger partial charge in [-0.3, -0.25) is 0 Å². The maximum Gasteiger partial charge on any atom is 0.120 e. The summed E-state index contributed by atoms with van der Waals surface area (Å²) < 4.78 is 5.16. The van der Waals surface area contributed by atoms with Crippen molar-refractivity contribution in [3.05, 3.63) is 59.2 Å². The summed E-state index contributed by atoms with van der Waals surface area (Å²) in [4.78, 5) is 0. The molecule has 0 amide bonds. The summed E-state index contributed by atoms with van der Waals surface area (Å²) in [6.07, 6.45) is 1.31. The minimum atomic E-state index is -0.630. The minimum Gasteiger partial charge on any atom is -0.508 e. The molecule has 0 aromatic heterocycles. The molecule has 5 N–H and O–H groups in total. The highest BCUT2D eigenvalue weighted by Gasteiger charge is 2.11. The van der Waals surface area contributed by atoms with E-state index in [1.54, 1.807) is 25.3 Å². The number of hydrogen-bond acceptors (Lipinski definition) is 5. The number of benzene rings is 2. The van der Waals surface area contributed by atoms with E-state index in [0.717, 1.165) is 24.2 Å². The Balaban J connectivity index is 1.79. The quantitative estimate of drug-likeness (QED) is 0.561. The maximum absolute atomic E-state index is 10.3. The number of ether oxygens (including phenoxy) is 1. The highest BCUT2D eigenvalue weighted by Crippen LogP contribution is 2.22. The first-order valence-electron chi connectivity index (χ1n) is 8.59. The molecule has 0 aliphatic rings. The van der Waals surface area contributed by atoms with Gasteiger partial charge in [-0.1, -0.05) is 18.2 Å². The molecule has 5 heteroatoms. The predicted molar refractivity (Wildman–Crippen MR) is 99.7 cm³/mol. The molecule has 0 fully saturated rings. The van der Waals surface area contributed by atoms with E-state index in [-0.39, 0.29) is 18.3 Å². The van der Waals surface area contributed by atoms with Crippen LogP contribution in [0.25, 0.3) is 0 Å². The van der Waals surface area contributed by atoms with Gasteiger partial charge in [0.15, 0.2) is 0 Å².